The van der Waals surface area contributed by atoms with E-state index in [0.717, 1.165) is 12.1 Å². The van der Waals surface area contributed by atoms with E-state index in [4.69, 9.17) is 9.84 Å². The van der Waals surface area contributed by atoms with Crippen molar-refractivity contribution < 1.29 is 18.6 Å². The van der Waals surface area contributed by atoms with E-state index in [9.17, 15) is 8.78 Å². The molecule has 0 aromatic heterocycles. The van der Waals surface area contributed by atoms with Crippen LogP contribution in [0.15, 0.2) is 18.2 Å². The van der Waals surface area contributed by atoms with Crippen LogP contribution in [0, 0.1) is 17.6 Å². The predicted octanol–water partition coefficient (Wildman–Crippen LogP) is 2.73. The first-order valence-corrected chi connectivity index (χ1v) is 6.88. The summed E-state index contributed by atoms with van der Waals surface area (Å²) in [5.41, 5.74) is 0. The van der Waals surface area contributed by atoms with Gasteiger partial charge in [-0.3, -0.25) is 0 Å². The summed E-state index contributed by atoms with van der Waals surface area (Å²) in [6, 6.07) is 3.73. The maximum Gasteiger partial charge on any atom is 0.162 e. The molecule has 0 radical (unpaired) electrons. The molecule has 0 amide bonds. The van der Waals surface area contributed by atoms with E-state index < -0.39 is 11.6 Å². The van der Waals surface area contributed by atoms with Gasteiger partial charge in [0.1, 0.15) is 12.4 Å². The SMILES string of the molecule is CC(COc1ccc(F)c(F)c1)NC(CCO)C(C)C. The van der Waals surface area contributed by atoms with Crippen LogP contribution in [0.25, 0.3) is 0 Å². The number of hydrogen-bond acceptors (Lipinski definition) is 3. The maximum absolute atomic E-state index is 13.0. The fourth-order valence-corrected chi connectivity index (χ4v) is 1.95. The van der Waals surface area contributed by atoms with Crippen LogP contribution in [0.2, 0.25) is 0 Å². The Hall–Kier alpha value is -1.20. The Balaban J connectivity index is 2.45. The average Bonchev–Trinajstić information content (AvgIpc) is 2.39. The van der Waals surface area contributed by atoms with Gasteiger partial charge in [-0.05, 0) is 31.4 Å². The molecule has 0 bridgehead atoms. The first-order valence-electron chi connectivity index (χ1n) is 6.88. The van der Waals surface area contributed by atoms with Gasteiger partial charge in [0.25, 0.3) is 0 Å². The van der Waals surface area contributed by atoms with E-state index in [2.05, 4.69) is 19.2 Å². The van der Waals surface area contributed by atoms with Gasteiger partial charge in [0.15, 0.2) is 11.6 Å². The molecule has 1 rings (SSSR count). The van der Waals surface area contributed by atoms with Crippen LogP contribution in [0.1, 0.15) is 27.2 Å². The Morgan fingerprint density at radius 2 is 1.90 bits per heavy atom. The van der Waals surface area contributed by atoms with E-state index in [0.29, 0.717) is 24.7 Å². The van der Waals surface area contributed by atoms with Crippen molar-refractivity contribution in [1.29, 1.82) is 0 Å². The quantitative estimate of drug-likeness (QED) is 0.772. The van der Waals surface area contributed by atoms with Gasteiger partial charge in [0, 0.05) is 24.8 Å². The lowest BCUT2D eigenvalue weighted by molar-refractivity contribution is 0.211. The second-order valence-corrected chi connectivity index (χ2v) is 5.32. The largest absolute Gasteiger partial charge is 0.492 e. The molecule has 0 fully saturated rings. The van der Waals surface area contributed by atoms with Crippen molar-refractivity contribution in [3.8, 4) is 5.75 Å². The molecule has 0 saturated carbocycles. The molecule has 0 saturated heterocycles. The second-order valence-electron chi connectivity index (χ2n) is 5.32. The highest BCUT2D eigenvalue weighted by molar-refractivity contribution is 5.23. The normalized spacial score (nSPS) is 14.3. The standard InChI is InChI=1S/C15H23F2NO2/c1-10(2)15(6-7-19)18-11(3)9-20-12-4-5-13(16)14(17)8-12/h4-5,8,10-11,15,18-19H,6-7,9H2,1-3H3. The molecule has 2 atom stereocenters. The van der Waals surface area contributed by atoms with Gasteiger partial charge in [-0.15, -0.1) is 0 Å². The average molecular weight is 287 g/mol. The van der Waals surface area contributed by atoms with Gasteiger partial charge >= 0.3 is 0 Å². The number of benzene rings is 1. The predicted molar refractivity (Wildman–Crippen MR) is 74.8 cm³/mol. The molecule has 0 aliphatic carbocycles. The molecule has 0 aliphatic heterocycles. The van der Waals surface area contributed by atoms with Crippen LogP contribution in [0.5, 0.6) is 5.75 Å². The van der Waals surface area contributed by atoms with Crippen molar-refractivity contribution in [2.75, 3.05) is 13.2 Å². The van der Waals surface area contributed by atoms with Gasteiger partial charge < -0.3 is 15.2 Å². The third-order valence-corrected chi connectivity index (χ3v) is 3.13. The molecule has 0 spiro atoms. The smallest absolute Gasteiger partial charge is 0.162 e. The Morgan fingerprint density at radius 1 is 1.20 bits per heavy atom. The van der Waals surface area contributed by atoms with Crippen molar-refractivity contribution >= 4 is 0 Å². The molecule has 0 aliphatic rings. The molecular weight excluding hydrogens is 264 g/mol. The Morgan fingerprint density at radius 3 is 2.45 bits per heavy atom. The highest BCUT2D eigenvalue weighted by Gasteiger charge is 2.15. The van der Waals surface area contributed by atoms with Gasteiger partial charge in [-0.2, -0.15) is 0 Å². The molecule has 1 aromatic carbocycles. The minimum atomic E-state index is -0.913. The first-order chi connectivity index (χ1) is 9.43. The minimum absolute atomic E-state index is 0.0436. The summed E-state index contributed by atoms with van der Waals surface area (Å²) < 4.78 is 31.2. The summed E-state index contributed by atoms with van der Waals surface area (Å²) in [7, 11) is 0. The third-order valence-electron chi connectivity index (χ3n) is 3.13. The van der Waals surface area contributed by atoms with Crippen molar-refractivity contribution in [2.24, 2.45) is 5.92 Å². The molecule has 2 N–H and O–H groups in total. The second kappa shape index (κ2) is 8.17. The first kappa shape index (κ1) is 16.9. The van der Waals surface area contributed by atoms with Crippen molar-refractivity contribution in [1.82, 2.24) is 5.32 Å². The zero-order valence-electron chi connectivity index (χ0n) is 12.2. The van der Waals surface area contributed by atoms with Crippen molar-refractivity contribution in [3.05, 3.63) is 29.8 Å². The fraction of sp³-hybridized carbons (Fsp3) is 0.600. The molecule has 3 nitrogen and oxygen atoms in total. The van der Waals surface area contributed by atoms with Crippen LogP contribution < -0.4 is 10.1 Å². The van der Waals surface area contributed by atoms with Gasteiger partial charge in [0.05, 0.1) is 0 Å². The van der Waals surface area contributed by atoms with Crippen LogP contribution in [-0.4, -0.2) is 30.4 Å². The topological polar surface area (TPSA) is 41.5 Å². The molecular formula is C15H23F2NO2. The Kier molecular flexibility index (Phi) is 6.88. The number of halogens is 2. The van der Waals surface area contributed by atoms with Gasteiger partial charge in [0.2, 0.25) is 0 Å². The van der Waals surface area contributed by atoms with Crippen LogP contribution >= 0.6 is 0 Å². The van der Waals surface area contributed by atoms with Crippen LogP contribution in [0.3, 0.4) is 0 Å². The molecule has 20 heavy (non-hydrogen) atoms. The highest BCUT2D eigenvalue weighted by atomic mass is 19.2. The monoisotopic (exact) mass is 287 g/mol. The Labute approximate surface area is 119 Å². The number of rotatable bonds is 8. The summed E-state index contributed by atoms with van der Waals surface area (Å²) in [6.45, 7) is 6.59. The summed E-state index contributed by atoms with van der Waals surface area (Å²) >= 11 is 0. The molecule has 114 valence electrons. The van der Waals surface area contributed by atoms with E-state index in [1.165, 1.54) is 6.07 Å². The molecule has 2 unspecified atom stereocenters. The molecule has 5 heteroatoms. The molecule has 1 aromatic rings. The summed E-state index contributed by atoms with van der Waals surface area (Å²) in [4.78, 5) is 0. The number of ether oxygens (including phenoxy) is 1. The zero-order chi connectivity index (χ0) is 15.1. The Bertz CT molecular complexity index is 413. The van der Waals surface area contributed by atoms with Crippen LogP contribution in [-0.2, 0) is 0 Å². The van der Waals surface area contributed by atoms with E-state index >= 15 is 0 Å². The van der Waals surface area contributed by atoms with Gasteiger partial charge in [-0.25, -0.2) is 8.78 Å². The summed E-state index contributed by atoms with van der Waals surface area (Å²) in [5.74, 6) is -1.09. The summed E-state index contributed by atoms with van der Waals surface area (Å²) in [6.07, 6.45) is 0.674. The third kappa shape index (κ3) is 5.43. The van der Waals surface area contributed by atoms with Gasteiger partial charge in [-0.1, -0.05) is 13.8 Å². The zero-order valence-corrected chi connectivity index (χ0v) is 12.2. The van der Waals surface area contributed by atoms with E-state index in [-0.39, 0.29) is 18.7 Å². The molecule has 0 heterocycles. The lowest BCUT2D eigenvalue weighted by Gasteiger charge is -2.26. The lowest BCUT2D eigenvalue weighted by atomic mass is 10.0. The number of nitrogens with one attached hydrogen (secondary N) is 1. The minimum Gasteiger partial charge on any atom is -0.492 e. The fourth-order valence-electron chi connectivity index (χ4n) is 1.95. The lowest BCUT2D eigenvalue weighted by Crippen LogP contribution is -2.43. The number of aliphatic hydroxyl groups is 1. The van der Waals surface area contributed by atoms with E-state index in [1.807, 2.05) is 6.92 Å². The maximum atomic E-state index is 13.0. The summed E-state index contributed by atoms with van der Waals surface area (Å²) in [5, 5.41) is 12.4. The highest BCUT2D eigenvalue weighted by Crippen LogP contribution is 2.15. The van der Waals surface area contributed by atoms with Crippen molar-refractivity contribution in [2.45, 2.75) is 39.3 Å². The van der Waals surface area contributed by atoms with E-state index in [1.54, 1.807) is 0 Å². The number of hydrogen-bond donors (Lipinski definition) is 2. The number of aliphatic hydroxyl groups excluding tert-OH is 1. The van der Waals surface area contributed by atoms with Crippen molar-refractivity contribution in [3.63, 3.8) is 0 Å². The van der Waals surface area contributed by atoms with Crippen LogP contribution in [0.4, 0.5) is 8.78 Å².